The summed E-state index contributed by atoms with van der Waals surface area (Å²) in [6, 6.07) is 6.55. The molecule has 3 heteroatoms. The minimum absolute atomic E-state index is 0.289. The normalized spacial score (nSPS) is 24.6. The molecular formula is C14H18N2S. The van der Waals surface area contributed by atoms with E-state index in [9.17, 15) is 0 Å². The molecule has 0 aliphatic carbocycles. The van der Waals surface area contributed by atoms with Crippen molar-refractivity contribution in [2.75, 3.05) is 13.1 Å². The Kier molecular flexibility index (Phi) is 2.68. The number of hydrogen-bond acceptors (Lipinski definition) is 3. The molecule has 1 aliphatic heterocycles. The Labute approximate surface area is 106 Å². The van der Waals surface area contributed by atoms with Gasteiger partial charge in [-0.05, 0) is 44.0 Å². The van der Waals surface area contributed by atoms with Gasteiger partial charge in [0.15, 0.2) is 0 Å². The van der Waals surface area contributed by atoms with E-state index < -0.39 is 0 Å². The zero-order valence-corrected chi connectivity index (χ0v) is 11.2. The second-order valence-electron chi connectivity index (χ2n) is 5.05. The maximum atomic E-state index is 4.86. The largest absolute Gasteiger partial charge is 0.316 e. The Hall–Kier alpha value is -0.930. The van der Waals surface area contributed by atoms with Gasteiger partial charge in [0.2, 0.25) is 0 Å². The molecule has 1 saturated heterocycles. The minimum Gasteiger partial charge on any atom is -0.316 e. The molecule has 2 nitrogen and oxygen atoms in total. The smallest absolute Gasteiger partial charge is 0.101 e. The third kappa shape index (κ3) is 1.78. The number of nitrogens with zero attached hydrogens (tertiary/aromatic N) is 1. The van der Waals surface area contributed by atoms with Crippen LogP contribution in [0, 0.1) is 6.92 Å². The van der Waals surface area contributed by atoms with E-state index in [2.05, 4.69) is 37.4 Å². The number of nitrogens with one attached hydrogen (secondary N) is 1. The molecule has 1 aliphatic rings. The molecule has 1 fully saturated rings. The summed E-state index contributed by atoms with van der Waals surface area (Å²) in [7, 11) is 0. The highest BCUT2D eigenvalue weighted by Gasteiger charge is 2.36. The molecule has 3 rings (SSSR count). The average molecular weight is 246 g/mol. The lowest BCUT2D eigenvalue weighted by Gasteiger charge is -2.23. The fourth-order valence-corrected chi connectivity index (χ4v) is 3.99. The Bertz CT molecular complexity index is 538. The van der Waals surface area contributed by atoms with E-state index >= 15 is 0 Å². The van der Waals surface area contributed by atoms with Crippen LogP contribution in [0.3, 0.4) is 0 Å². The summed E-state index contributed by atoms with van der Waals surface area (Å²) in [4.78, 5) is 4.86. The number of aryl methyl sites for hydroxylation is 1. The van der Waals surface area contributed by atoms with Crippen LogP contribution in [-0.2, 0) is 5.41 Å². The Morgan fingerprint density at radius 3 is 3.06 bits per heavy atom. The van der Waals surface area contributed by atoms with Crippen LogP contribution in [-0.4, -0.2) is 18.1 Å². The van der Waals surface area contributed by atoms with E-state index in [0.29, 0.717) is 0 Å². The molecule has 90 valence electrons. The van der Waals surface area contributed by atoms with Crippen LogP contribution in [0.5, 0.6) is 0 Å². The lowest BCUT2D eigenvalue weighted by molar-refractivity contribution is 0.452. The van der Waals surface area contributed by atoms with Gasteiger partial charge in [-0.15, -0.1) is 11.3 Å². The van der Waals surface area contributed by atoms with E-state index in [0.717, 1.165) is 18.6 Å². The Balaban J connectivity index is 2.11. The molecule has 1 aromatic heterocycles. The molecule has 1 unspecified atom stereocenters. The predicted molar refractivity (Wildman–Crippen MR) is 73.8 cm³/mol. The molecule has 1 N–H and O–H groups in total. The van der Waals surface area contributed by atoms with Crippen molar-refractivity contribution < 1.29 is 0 Å². The first kappa shape index (κ1) is 11.2. The highest BCUT2D eigenvalue weighted by atomic mass is 32.1. The highest BCUT2D eigenvalue weighted by Crippen LogP contribution is 2.38. The van der Waals surface area contributed by atoms with E-state index in [1.807, 2.05) is 11.3 Å². The zero-order chi connectivity index (χ0) is 11.9. The lowest BCUT2D eigenvalue weighted by Crippen LogP contribution is -2.27. The van der Waals surface area contributed by atoms with Gasteiger partial charge in [0, 0.05) is 12.0 Å². The third-order valence-electron chi connectivity index (χ3n) is 3.92. The summed E-state index contributed by atoms with van der Waals surface area (Å²) in [5.41, 5.74) is 2.77. The molecule has 0 amide bonds. The molecule has 1 aromatic carbocycles. The van der Waals surface area contributed by atoms with Crippen molar-refractivity contribution in [3.63, 3.8) is 0 Å². The average Bonchev–Trinajstić information content (AvgIpc) is 2.94. The molecule has 2 aromatic rings. The van der Waals surface area contributed by atoms with Crippen LogP contribution in [0.1, 0.15) is 30.3 Å². The molecule has 1 atom stereocenters. The standard InChI is InChI=1S/C14H18N2S/c1-3-14(6-7-15-9-14)13-16-11-5-4-10(2)8-12(11)17-13/h4-5,8,15H,3,6-7,9H2,1-2H3. The maximum absolute atomic E-state index is 4.86. The second kappa shape index (κ2) is 4.07. The van der Waals surface area contributed by atoms with Crippen LogP contribution in [0.4, 0.5) is 0 Å². The highest BCUT2D eigenvalue weighted by molar-refractivity contribution is 7.18. The quantitative estimate of drug-likeness (QED) is 0.880. The van der Waals surface area contributed by atoms with Gasteiger partial charge in [0.1, 0.15) is 5.01 Å². The van der Waals surface area contributed by atoms with E-state index in [4.69, 9.17) is 4.98 Å². The number of aromatic nitrogens is 1. The maximum Gasteiger partial charge on any atom is 0.101 e. The Morgan fingerprint density at radius 1 is 1.47 bits per heavy atom. The van der Waals surface area contributed by atoms with Crippen LogP contribution in [0.25, 0.3) is 10.2 Å². The number of rotatable bonds is 2. The summed E-state index contributed by atoms with van der Waals surface area (Å²) in [5, 5.41) is 4.81. The fraction of sp³-hybridized carbons (Fsp3) is 0.500. The summed E-state index contributed by atoms with van der Waals surface area (Å²) < 4.78 is 1.33. The van der Waals surface area contributed by atoms with Gasteiger partial charge in [-0.25, -0.2) is 4.98 Å². The molecular weight excluding hydrogens is 228 g/mol. The number of thiazole rings is 1. The van der Waals surface area contributed by atoms with E-state index in [1.165, 1.54) is 28.1 Å². The minimum atomic E-state index is 0.289. The summed E-state index contributed by atoms with van der Waals surface area (Å²) >= 11 is 1.88. The van der Waals surface area contributed by atoms with Gasteiger partial charge < -0.3 is 5.32 Å². The van der Waals surface area contributed by atoms with E-state index in [1.54, 1.807) is 0 Å². The SMILES string of the molecule is CCC1(c2nc3ccc(C)cc3s2)CCNC1. The van der Waals surface area contributed by atoms with Gasteiger partial charge in [0.25, 0.3) is 0 Å². The van der Waals surface area contributed by atoms with Gasteiger partial charge in [0.05, 0.1) is 10.2 Å². The summed E-state index contributed by atoms with van der Waals surface area (Å²) in [6.07, 6.45) is 2.40. The monoisotopic (exact) mass is 246 g/mol. The topological polar surface area (TPSA) is 24.9 Å². The van der Waals surface area contributed by atoms with Crippen molar-refractivity contribution in [2.24, 2.45) is 0 Å². The number of benzene rings is 1. The number of hydrogen-bond donors (Lipinski definition) is 1. The van der Waals surface area contributed by atoms with Crippen molar-refractivity contribution in [2.45, 2.75) is 32.1 Å². The molecule has 0 saturated carbocycles. The third-order valence-corrected chi connectivity index (χ3v) is 5.18. The van der Waals surface area contributed by atoms with Gasteiger partial charge >= 0.3 is 0 Å². The van der Waals surface area contributed by atoms with Crippen molar-refractivity contribution in [3.05, 3.63) is 28.8 Å². The van der Waals surface area contributed by atoms with E-state index in [-0.39, 0.29) is 5.41 Å². The molecule has 0 radical (unpaired) electrons. The zero-order valence-electron chi connectivity index (χ0n) is 10.4. The van der Waals surface area contributed by atoms with Crippen LogP contribution < -0.4 is 5.32 Å². The summed E-state index contributed by atoms with van der Waals surface area (Å²) in [5.74, 6) is 0. The second-order valence-corrected chi connectivity index (χ2v) is 6.08. The molecule has 0 bridgehead atoms. The van der Waals surface area contributed by atoms with Crippen LogP contribution in [0.15, 0.2) is 18.2 Å². The summed E-state index contributed by atoms with van der Waals surface area (Å²) in [6.45, 7) is 6.64. The fourth-order valence-electron chi connectivity index (χ4n) is 2.64. The van der Waals surface area contributed by atoms with Crippen LogP contribution >= 0.6 is 11.3 Å². The van der Waals surface area contributed by atoms with Gasteiger partial charge in [-0.1, -0.05) is 13.0 Å². The Morgan fingerprint density at radius 2 is 2.35 bits per heavy atom. The van der Waals surface area contributed by atoms with Crippen molar-refractivity contribution in [3.8, 4) is 0 Å². The lowest BCUT2D eigenvalue weighted by atomic mass is 9.85. The van der Waals surface area contributed by atoms with Gasteiger partial charge in [-0.3, -0.25) is 0 Å². The van der Waals surface area contributed by atoms with Gasteiger partial charge in [-0.2, -0.15) is 0 Å². The number of fused-ring (bicyclic) bond motifs is 1. The first-order valence-electron chi connectivity index (χ1n) is 6.32. The predicted octanol–water partition coefficient (Wildman–Crippen LogP) is 3.25. The molecule has 17 heavy (non-hydrogen) atoms. The first-order valence-corrected chi connectivity index (χ1v) is 7.13. The van der Waals surface area contributed by atoms with Crippen molar-refractivity contribution in [1.82, 2.24) is 10.3 Å². The molecule has 2 heterocycles. The van der Waals surface area contributed by atoms with Crippen LogP contribution in [0.2, 0.25) is 0 Å². The molecule has 0 spiro atoms. The van der Waals surface area contributed by atoms with Crippen molar-refractivity contribution >= 4 is 21.6 Å². The first-order chi connectivity index (χ1) is 8.23. The van der Waals surface area contributed by atoms with Crippen molar-refractivity contribution in [1.29, 1.82) is 0 Å².